The number of rotatable bonds is 7. The largest absolute Gasteiger partial charge is 0.480 e. The van der Waals surface area contributed by atoms with Crippen molar-refractivity contribution in [1.82, 2.24) is 4.98 Å². The molecule has 0 spiro atoms. The normalized spacial score (nSPS) is 10.3. The number of thiazole rings is 1. The number of carbonyl (C=O) groups is 2. The maximum Gasteiger partial charge on any atom is 0.344 e. The van der Waals surface area contributed by atoms with E-state index in [0.717, 1.165) is 0 Å². The van der Waals surface area contributed by atoms with Crippen LogP contribution in [-0.4, -0.2) is 30.0 Å². The lowest BCUT2D eigenvalue weighted by Crippen LogP contribution is -2.27. The minimum Gasteiger partial charge on any atom is -0.480 e. The minimum atomic E-state index is -0.525. The summed E-state index contributed by atoms with van der Waals surface area (Å²) in [6.45, 7) is 3.67. The molecular formula is C16H17ClN2O4S. The molecular weight excluding hydrogens is 352 g/mol. The molecule has 0 unspecified atom stereocenters. The van der Waals surface area contributed by atoms with Gasteiger partial charge in [0.2, 0.25) is 5.91 Å². The number of halogens is 1. The third kappa shape index (κ3) is 4.94. The predicted octanol–water partition coefficient (Wildman–Crippen LogP) is 3.29. The van der Waals surface area contributed by atoms with Crippen LogP contribution in [0.25, 0.3) is 0 Å². The fourth-order valence-electron chi connectivity index (χ4n) is 1.87. The van der Waals surface area contributed by atoms with Crippen LogP contribution in [0.1, 0.15) is 19.5 Å². The van der Waals surface area contributed by atoms with E-state index in [4.69, 9.17) is 21.1 Å². The van der Waals surface area contributed by atoms with Crippen LogP contribution in [0.15, 0.2) is 29.6 Å². The lowest BCUT2D eigenvalue weighted by Gasteiger charge is -2.14. The Bertz CT molecular complexity index is 720. The maximum absolute atomic E-state index is 11.7. The highest BCUT2D eigenvalue weighted by atomic mass is 35.5. The van der Waals surface area contributed by atoms with Gasteiger partial charge in [0.15, 0.2) is 11.7 Å². The Morgan fingerprint density at radius 2 is 2.08 bits per heavy atom. The minimum absolute atomic E-state index is 0.0245. The van der Waals surface area contributed by atoms with Gasteiger partial charge < -0.3 is 9.47 Å². The van der Waals surface area contributed by atoms with Gasteiger partial charge in [0.05, 0.1) is 10.7 Å². The summed E-state index contributed by atoms with van der Waals surface area (Å²) in [5.74, 6) is -0.181. The Labute approximate surface area is 149 Å². The van der Waals surface area contributed by atoms with E-state index in [0.29, 0.717) is 28.1 Å². The van der Waals surface area contributed by atoms with Crippen LogP contribution < -0.4 is 9.64 Å². The number of anilines is 1. The van der Waals surface area contributed by atoms with Crippen LogP contribution in [0.3, 0.4) is 0 Å². The third-order valence-corrected chi connectivity index (χ3v) is 4.25. The lowest BCUT2D eigenvalue weighted by molar-refractivity contribution is -0.147. The highest BCUT2D eigenvalue weighted by Crippen LogP contribution is 2.23. The Balaban J connectivity index is 1.83. The van der Waals surface area contributed by atoms with Crippen LogP contribution in [0, 0.1) is 0 Å². The third-order valence-electron chi connectivity index (χ3n) is 3.03. The molecule has 0 saturated heterocycles. The molecule has 6 nitrogen and oxygen atoms in total. The molecule has 0 aliphatic carbocycles. The second kappa shape index (κ2) is 8.65. The molecule has 0 bridgehead atoms. The van der Waals surface area contributed by atoms with Crippen molar-refractivity contribution in [3.05, 3.63) is 40.4 Å². The molecule has 1 aromatic heterocycles. The summed E-state index contributed by atoms with van der Waals surface area (Å²) < 4.78 is 10.4. The molecule has 0 saturated carbocycles. The van der Waals surface area contributed by atoms with Crippen molar-refractivity contribution in [2.75, 3.05) is 18.1 Å². The van der Waals surface area contributed by atoms with E-state index in [1.165, 1.54) is 18.3 Å². The Kier molecular flexibility index (Phi) is 6.57. The summed E-state index contributed by atoms with van der Waals surface area (Å²) >= 11 is 7.26. The van der Waals surface area contributed by atoms with Crippen LogP contribution in [0.2, 0.25) is 5.02 Å². The molecule has 0 aliphatic rings. The second-order valence-corrected chi connectivity index (χ2v) is 6.01. The first-order valence-electron chi connectivity index (χ1n) is 7.26. The molecule has 0 radical (unpaired) electrons. The molecule has 2 aromatic rings. The number of carbonyl (C=O) groups excluding carboxylic acids is 2. The quantitative estimate of drug-likeness (QED) is 0.701. The van der Waals surface area contributed by atoms with Gasteiger partial charge >= 0.3 is 5.97 Å². The van der Waals surface area contributed by atoms with Gasteiger partial charge in [0.1, 0.15) is 12.4 Å². The fourth-order valence-corrected chi connectivity index (χ4v) is 2.98. The Morgan fingerprint density at radius 1 is 1.33 bits per heavy atom. The van der Waals surface area contributed by atoms with Crippen LogP contribution >= 0.6 is 22.9 Å². The molecule has 0 atom stereocenters. The number of aromatic nitrogens is 1. The number of para-hydroxylation sites is 1. The van der Waals surface area contributed by atoms with E-state index >= 15 is 0 Å². The van der Waals surface area contributed by atoms with Gasteiger partial charge in [-0.3, -0.25) is 9.69 Å². The van der Waals surface area contributed by atoms with E-state index in [2.05, 4.69) is 4.98 Å². The van der Waals surface area contributed by atoms with Gasteiger partial charge in [-0.15, -0.1) is 11.3 Å². The summed E-state index contributed by atoms with van der Waals surface area (Å²) in [7, 11) is 0. The highest BCUT2D eigenvalue weighted by Gasteiger charge is 2.14. The SMILES string of the molecule is CCN(C(C)=O)c1nc(COC(=O)COc2ccccc2Cl)cs1. The van der Waals surface area contributed by atoms with Crippen molar-refractivity contribution in [2.24, 2.45) is 0 Å². The second-order valence-electron chi connectivity index (χ2n) is 4.76. The van der Waals surface area contributed by atoms with Crippen molar-refractivity contribution in [3.63, 3.8) is 0 Å². The molecule has 2 rings (SSSR count). The van der Waals surface area contributed by atoms with Crippen molar-refractivity contribution >= 4 is 39.9 Å². The number of hydrogen-bond acceptors (Lipinski definition) is 6. The summed E-state index contributed by atoms with van der Waals surface area (Å²) in [4.78, 5) is 29.0. The van der Waals surface area contributed by atoms with Crippen LogP contribution in [-0.2, 0) is 20.9 Å². The van der Waals surface area contributed by atoms with Crippen molar-refractivity contribution in [1.29, 1.82) is 0 Å². The Hall–Kier alpha value is -2.12. The van der Waals surface area contributed by atoms with E-state index in [-0.39, 0.29) is 19.1 Å². The summed E-state index contributed by atoms with van der Waals surface area (Å²) in [6.07, 6.45) is 0. The number of esters is 1. The van der Waals surface area contributed by atoms with Gasteiger partial charge in [-0.05, 0) is 19.1 Å². The monoisotopic (exact) mass is 368 g/mol. The zero-order chi connectivity index (χ0) is 17.5. The smallest absolute Gasteiger partial charge is 0.344 e. The summed E-state index contributed by atoms with van der Waals surface area (Å²) in [5, 5.41) is 2.77. The Morgan fingerprint density at radius 3 is 2.75 bits per heavy atom. The summed E-state index contributed by atoms with van der Waals surface area (Å²) in [5.41, 5.74) is 0.584. The zero-order valence-corrected chi connectivity index (χ0v) is 14.9. The molecule has 0 fully saturated rings. The standard InChI is InChI=1S/C16H17ClN2O4S/c1-3-19(11(2)20)16-18-12(10-24-16)8-23-15(21)9-22-14-7-5-4-6-13(14)17/h4-7,10H,3,8-9H2,1-2H3. The molecule has 1 aromatic carbocycles. The number of hydrogen-bond donors (Lipinski definition) is 0. The average molecular weight is 369 g/mol. The van der Waals surface area contributed by atoms with E-state index < -0.39 is 5.97 Å². The first kappa shape index (κ1) is 18.2. The molecule has 1 amide bonds. The van der Waals surface area contributed by atoms with Gasteiger partial charge in [-0.2, -0.15) is 0 Å². The van der Waals surface area contributed by atoms with Crippen molar-refractivity contribution < 1.29 is 19.1 Å². The number of ether oxygens (including phenoxy) is 2. The number of benzene rings is 1. The number of nitrogens with zero attached hydrogens (tertiary/aromatic N) is 2. The first-order valence-corrected chi connectivity index (χ1v) is 8.52. The van der Waals surface area contributed by atoms with Crippen LogP contribution in [0.5, 0.6) is 5.75 Å². The van der Waals surface area contributed by atoms with Crippen molar-refractivity contribution in [2.45, 2.75) is 20.5 Å². The van der Waals surface area contributed by atoms with E-state index in [1.807, 2.05) is 6.92 Å². The topological polar surface area (TPSA) is 68.7 Å². The molecule has 24 heavy (non-hydrogen) atoms. The van der Waals surface area contributed by atoms with Gasteiger partial charge in [0.25, 0.3) is 0 Å². The predicted molar refractivity (Wildman–Crippen MR) is 92.6 cm³/mol. The fraction of sp³-hybridized carbons (Fsp3) is 0.312. The highest BCUT2D eigenvalue weighted by molar-refractivity contribution is 7.14. The van der Waals surface area contributed by atoms with E-state index in [1.54, 1.807) is 34.5 Å². The molecule has 0 aliphatic heterocycles. The zero-order valence-electron chi connectivity index (χ0n) is 13.3. The van der Waals surface area contributed by atoms with Gasteiger partial charge in [0, 0.05) is 18.8 Å². The first-order chi connectivity index (χ1) is 11.5. The number of amides is 1. The van der Waals surface area contributed by atoms with Gasteiger partial charge in [-0.25, -0.2) is 9.78 Å². The average Bonchev–Trinajstić information content (AvgIpc) is 3.01. The molecule has 8 heteroatoms. The lowest BCUT2D eigenvalue weighted by atomic mass is 10.3. The molecule has 1 heterocycles. The van der Waals surface area contributed by atoms with Gasteiger partial charge in [-0.1, -0.05) is 23.7 Å². The molecule has 0 N–H and O–H groups in total. The van der Waals surface area contributed by atoms with Crippen molar-refractivity contribution in [3.8, 4) is 5.75 Å². The summed E-state index contributed by atoms with van der Waals surface area (Å²) in [6, 6.07) is 6.88. The van der Waals surface area contributed by atoms with Crippen LogP contribution in [0.4, 0.5) is 5.13 Å². The maximum atomic E-state index is 11.7. The van der Waals surface area contributed by atoms with E-state index in [9.17, 15) is 9.59 Å². The molecule has 128 valence electrons.